The van der Waals surface area contributed by atoms with Crippen LogP contribution in [-0.2, 0) is 9.59 Å². The number of amides is 2. The molecule has 3 fully saturated rings. The number of nitrogens with zero attached hydrogens (tertiary/aromatic N) is 2. The molecule has 29 heavy (non-hydrogen) atoms. The van der Waals surface area contributed by atoms with Crippen molar-refractivity contribution in [3.05, 3.63) is 24.4 Å². The molecule has 0 spiro atoms. The topological polar surface area (TPSA) is 98.3 Å². The number of rotatable bonds is 4. The second-order valence-corrected chi connectivity index (χ2v) is 8.97. The summed E-state index contributed by atoms with van der Waals surface area (Å²) in [7, 11) is 0. The number of carbonyl (C=O) groups is 2. The summed E-state index contributed by atoms with van der Waals surface area (Å²) in [5.41, 5.74) is 1.22. The van der Waals surface area contributed by atoms with Gasteiger partial charge in [-0.15, -0.1) is 0 Å². The molecular weight excluding hydrogens is 368 g/mol. The summed E-state index contributed by atoms with van der Waals surface area (Å²) in [6.07, 6.45) is 8.33. The maximum absolute atomic E-state index is 13.7. The van der Waals surface area contributed by atoms with Crippen molar-refractivity contribution in [2.24, 2.45) is 11.3 Å². The molecule has 3 aliphatic rings. The van der Waals surface area contributed by atoms with Crippen molar-refractivity contribution in [3.63, 3.8) is 0 Å². The number of fused-ring (bicyclic) bond motifs is 1. The molecule has 1 aromatic heterocycles. The van der Waals surface area contributed by atoms with Gasteiger partial charge in [0.2, 0.25) is 11.8 Å². The lowest BCUT2D eigenvalue weighted by Gasteiger charge is -2.46. The maximum Gasteiger partial charge on any atom is 0.247 e. The highest BCUT2D eigenvalue weighted by Crippen LogP contribution is 2.53. The average Bonchev–Trinajstić information content (AvgIpc) is 3.45. The van der Waals surface area contributed by atoms with Crippen molar-refractivity contribution in [3.8, 4) is 0 Å². The third kappa shape index (κ3) is 3.03. The molecule has 3 N–H and O–H groups in total. The van der Waals surface area contributed by atoms with Crippen LogP contribution in [0.2, 0.25) is 0 Å². The molecular formula is C22H28N4O3. The lowest BCUT2D eigenvalue weighted by Crippen LogP contribution is -2.54. The number of nitrogens with one attached hydrogen (secondary N) is 2. The SMILES string of the molecule is O=C(Nc1cccc2[nH]ncc12)[C@H]1CCCN1C(=O)C1([C@H]2C[C@@H](O)C2)CCCC1. The van der Waals surface area contributed by atoms with Gasteiger partial charge in [0.15, 0.2) is 0 Å². The van der Waals surface area contributed by atoms with Crippen LogP contribution < -0.4 is 5.32 Å². The molecule has 1 atom stereocenters. The molecule has 1 saturated heterocycles. The van der Waals surface area contributed by atoms with Gasteiger partial charge in [0.25, 0.3) is 0 Å². The van der Waals surface area contributed by atoms with Gasteiger partial charge >= 0.3 is 0 Å². The highest BCUT2D eigenvalue weighted by atomic mass is 16.3. The van der Waals surface area contributed by atoms with Crippen molar-refractivity contribution in [2.45, 2.75) is 63.5 Å². The predicted octanol–water partition coefficient (Wildman–Crippen LogP) is 2.82. The Balaban J connectivity index is 1.36. The predicted molar refractivity (Wildman–Crippen MR) is 109 cm³/mol. The van der Waals surface area contributed by atoms with Gasteiger partial charge in [-0.05, 0) is 56.6 Å². The first-order chi connectivity index (χ1) is 14.1. The molecule has 154 valence electrons. The Morgan fingerprint density at radius 1 is 1.21 bits per heavy atom. The average molecular weight is 396 g/mol. The Kier molecular flexibility index (Phi) is 4.57. The Labute approximate surface area is 169 Å². The molecule has 1 aromatic carbocycles. The van der Waals surface area contributed by atoms with Gasteiger partial charge < -0.3 is 15.3 Å². The summed E-state index contributed by atoms with van der Waals surface area (Å²) in [6, 6.07) is 5.24. The molecule has 2 amide bonds. The van der Waals surface area contributed by atoms with E-state index in [1.807, 2.05) is 23.1 Å². The quantitative estimate of drug-likeness (QED) is 0.740. The summed E-state index contributed by atoms with van der Waals surface area (Å²) in [4.78, 5) is 28.7. The molecule has 7 heteroatoms. The minimum Gasteiger partial charge on any atom is -0.393 e. The molecule has 0 unspecified atom stereocenters. The van der Waals surface area contributed by atoms with E-state index < -0.39 is 6.04 Å². The molecule has 1 aliphatic heterocycles. The van der Waals surface area contributed by atoms with Crippen LogP contribution >= 0.6 is 0 Å². The number of hydrogen-bond acceptors (Lipinski definition) is 4. The van der Waals surface area contributed by atoms with Gasteiger partial charge in [0.1, 0.15) is 6.04 Å². The molecule has 0 radical (unpaired) electrons. The third-order valence-corrected chi connectivity index (χ3v) is 7.38. The summed E-state index contributed by atoms with van der Waals surface area (Å²) in [5.74, 6) is 0.286. The van der Waals surface area contributed by atoms with E-state index in [-0.39, 0.29) is 29.3 Å². The van der Waals surface area contributed by atoms with E-state index in [1.54, 1.807) is 6.20 Å². The van der Waals surface area contributed by atoms with Gasteiger partial charge in [0, 0.05) is 11.9 Å². The first-order valence-electron chi connectivity index (χ1n) is 10.8. The van der Waals surface area contributed by atoms with E-state index in [9.17, 15) is 14.7 Å². The molecule has 5 rings (SSSR count). The summed E-state index contributed by atoms with van der Waals surface area (Å²) in [6.45, 7) is 0.643. The van der Waals surface area contributed by atoms with Crippen molar-refractivity contribution >= 4 is 28.4 Å². The normalized spacial score (nSPS) is 28.4. The largest absolute Gasteiger partial charge is 0.393 e. The monoisotopic (exact) mass is 396 g/mol. The van der Waals surface area contributed by atoms with E-state index in [1.165, 1.54) is 0 Å². The Bertz CT molecular complexity index is 927. The van der Waals surface area contributed by atoms with Crippen LogP contribution in [0, 0.1) is 11.3 Å². The fourth-order valence-corrected chi connectivity index (χ4v) is 5.70. The standard InChI is InChI=1S/C22H28N4O3/c27-15-11-14(12-15)22(8-1-2-9-22)21(29)26-10-4-7-19(26)20(28)24-17-5-3-6-18-16(17)13-23-25-18/h3,5-6,13-15,19,27H,1-2,4,7-12H2,(H,23,25)(H,24,28)/t14-,15+,19-/m1/s1. The van der Waals surface area contributed by atoms with Crippen molar-refractivity contribution in [1.82, 2.24) is 15.1 Å². The summed E-state index contributed by atoms with van der Waals surface area (Å²) in [5, 5.41) is 20.7. The lowest BCUT2D eigenvalue weighted by atomic mass is 9.62. The maximum atomic E-state index is 13.7. The van der Waals surface area contributed by atoms with E-state index >= 15 is 0 Å². The fourth-order valence-electron chi connectivity index (χ4n) is 5.70. The number of aromatic nitrogens is 2. The smallest absolute Gasteiger partial charge is 0.247 e. The van der Waals surface area contributed by atoms with Crippen LogP contribution in [0.25, 0.3) is 10.9 Å². The number of aromatic amines is 1. The minimum atomic E-state index is -0.424. The molecule has 2 saturated carbocycles. The number of benzene rings is 1. The van der Waals surface area contributed by atoms with Crippen LogP contribution in [0.4, 0.5) is 5.69 Å². The molecule has 0 bridgehead atoms. The van der Waals surface area contributed by atoms with E-state index in [4.69, 9.17) is 0 Å². The Hall–Kier alpha value is -2.41. The van der Waals surface area contributed by atoms with Crippen LogP contribution in [0.1, 0.15) is 51.4 Å². The molecule has 2 aromatic rings. The van der Waals surface area contributed by atoms with Crippen LogP contribution in [0.5, 0.6) is 0 Å². The van der Waals surface area contributed by atoms with Crippen LogP contribution in [0.15, 0.2) is 24.4 Å². The highest BCUT2D eigenvalue weighted by molar-refractivity contribution is 6.04. The van der Waals surface area contributed by atoms with Crippen molar-refractivity contribution in [1.29, 1.82) is 0 Å². The Morgan fingerprint density at radius 3 is 2.76 bits per heavy atom. The number of carbonyl (C=O) groups excluding carboxylic acids is 2. The second-order valence-electron chi connectivity index (χ2n) is 8.97. The number of H-pyrrole nitrogens is 1. The zero-order valence-electron chi connectivity index (χ0n) is 16.6. The first kappa shape index (κ1) is 18.6. The lowest BCUT2D eigenvalue weighted by molar-refractivity contribution is -0.154. The van der Waals surface area contributed by atoms with Gasteiger partial charge in [0.05, 0.1) is 28.9 Å². The molecule has 7 nitrogen and oxygen atoms in total. The second kappa shape index (κ2) is 7.13. The number of aliphatic hydroxyl groups is 1. The number of likely N-dealkylation sites (tertiary alicyclic amines) is 1. The van der Waals surface area contributed by atoms with Crippen molar-refractivity contribution < 1.29 is 14.7 Å². The van der Waals surface area contributed by atoms with Gasteiger partial charge in [-0.25, -0.2) is 0 Å². The summed E-state index contributed by atoms with van der Waals surface area (Å²) >= 11 is 0. The molecule has 2 heterocycles. The van der Waals surface area contributed by atoms with Crippen LogP contribution in [0.3, 0.4) is 0 Å². The van der Waals surface area contributed by atoms with Gasteiger partial charge in [-0.1, -0.05) is 18.9 Å². The highest BCUT2D eigenvalue weighted by Gasteiger charge is 2.54. The summed E-state index contributed by atoms with van der Waals surface area (Å²) < 4.78 is 0. The molecule has 2 aliphatic carbocycles. The number of hydrogen-bond donors (Lipinski definition) is 3. The number of aliphatic hydroxyl groups excluding tert-OH is 1. The zero-order valence-corrected chi connectivity index (χ0v) is 16.6. The van der Waals surface area contributed by atoms with Crippen LogP contribution in [-0.4, -0.2) is 50.7 Å². The first-order valence-corrected chi connectivity index (χ1v) is 10.8. The fraction of sp³-hybridized carbons (Fsp3) is 0.591. The van der Waals surface area contributed by atoms with Gasteiger partial charge in [-0.2, -0.15) is 5.10 Å². The van der Waals surface area contributed by atoms with Gasteiger partial charge in [-0.3, -0.25) is 14.7 Å². The van der Waals surface area contributed by atoms with E-state index in [2.05, 4.69) is 15.5 Å². The zero-order chi connectivity index (χ0) is 20.0. The van der Waals surface area contributed by atoms with Crippen molar-refractivity contribution in [2.75, 3.05) is 11.9 Å². The third-order valence-electron chi connectivity index (χ3n) is 7.38. The van der Waals surface area contributed by atoms with E-state index in [0.29, 0.717) is 13.0 Å². The van der Waals surface area contributed by atoms with E-state index in [0.717, 1.165) is 61.5 Å². The number of anilines is 1. The Morgan fingerprint density at radius 2 is 2.00 bits per heavy atom. The minimum absolute atomic E-state index is 0.119.